The summed E-state index contributed by atoms with van der Waals surface area (Å²) in [4.78, 5) is 2.23. The van der Waals surface area contributed by atoms with Crippen LogP contribution in [0.25, 0.3) is 0 Å². The number of phenolic OH excluding ortho intramolecular Hbond substituents is 1. The standard InChI is InChI=1S/C15H26N2O/c1-5-10-16-12(4)14-9-8-13(11-15(14)18)17(6-2)7-3/h8-9,11-12,16,18H,5-7,10H2,1-4H3. The van der Waals surface area contributed by atoms with Gasteiger partial charge in [0.15, 0.2) is 0 Å². The van der Waals surface area contributed by atoms with E-state index in [-0.39, 0.29) is 6.04 Å². The van der Waals surface area contributed by atoms with Gasteiger partial charge in [-0.15, -0.1) is 0 Å². The Balaban J connectivity index is 2.85. The highest BCUT2D eigenvalue weighted by atomic mass is 16.3. The Morgan fingerprint density at radius 1 is 1.22 bits per heavy atom. The van der Waals surface area contributed by atoms with Gasteiger partial charge in [-0.05, 0) is 39.8 Å². The van der Waals surface area contributed by atoms with E-state index in [0.717, 1.165) is 37.3 Å². The topological polar surface area (TPSA) is 35.5 Å². The molecule has 0 radical (unpaired) electrons. The Morgan fingerprint density at radius 3 is 2.39 bits per heavy atom. The lowest BCUT2D eigenvalue weighted by Crippen LogP contribution is -2.22. The van der Waals surface area contributed by atoms with Gasteiger partial charge in [0.1, 0.15) is 5.75 Å². The van der Waals surface area contributed by atoms with Crippen LogP contribution in [0.5, 0.6) is 5.75 Å². The first-order valence-corrected chi connectivity index (χ1v) is 6.95. The molecule has 0 bridgehead atoms. The van der Waals surface area contributed by atoms with Crippen LogP contribution in [0, 0.1) is 0 Å². The molecule has 1 aromatic rings. The minimum atomic E-state index is 0.190. The van der Waals surface area contributed by atoms with Gasteiger partial charge in [-0.1, -0.05) is 13.0 Å². The molecule has 0 amide bonds. The average molecular weight is 250 g/mol. The van der Waals surface area contributed by atoms with Crippen LogP contribution in [0.3, 0.4) is 0 Å². The quantitative estimate of drug-likeness (QED) is 0.779. The number of rotatable bonds is 7. The average Bonchev–Trinajstić information content (AvgIpc) is 2.37. The molecule has 0 aliphatic carbocycles. The number of nitrogens with one attached hydrogen (secondary N) is 1. The molecule has 0 fully saturated rings. The Hall–Kier alpha value is -1.22. The highest BCUT2D eigenvalue weighted by Crippen LogP contribution is 2.28. The predicted octanol–water partition coefficient (Wildman–Crippen LogP) is 3.30. The van der Waals surface area contributed by atoms with Crippen LogP contribution in [-0.2, 0) is 0 Å². The molecule has 0 saturated heterocycles. The van der Waals surface area contributed by atoms with Gasteiger partial charge >= 0.3 is 0 Å². The third kappa shape index (κ3) is 3.64. The van der Waals surface area contributed by atoms with Crippen molar-refractivity contribution in [1.82, 2.24) is 5.32 Å². The van der Waals surface area contributed by atoms with E-state index in [0.29, 0.717) is 5.75 Å². The molecule has 18 heavy (non-hydrogen) atoms. The fourth-order valence-electron chi connectivity index (χ4n) is 2.15. The van der Waals surface area contributed by atoms with Crippen LogP contribution in [0.4, 0.5) is 5.69 Å². The molecule has 0 aliphatic heterocycles. The molecule has 1 atom stereocenters. The minimum Gasteiger partial charge on any atom is -0.508 e. The summed E-state index contributed by atoms with van der Waals surface area (Å²) >= 11 is 0. The summed E-state index contributed by atoms with van der Waals surface area (Å²) in [6.07, 6.45) is 1.10. The lowest BCUT2D eigenvalue weighted by Gasteiger charge is -2.23. The van der Waals surface area contributed by atoms with E-state index < -0.39 is 0 Å². The van der Waals surface area contributed by atoms with Crippen molar-refractivity contribution >= 4 is 5.69 Å². The van der Waals surface area contributed by atoms with Crippen molar-refractivity contribution in [3.05, 3.63) is 23.8 Å². The van der Waals surface area contributed by atoms with Crippen molar-refractivity contribution in [3.63, 3.8) is 0 Å². The van der Waals surface area contributed by atoms with Crippen molar-refractivity contribution in [1.29, 1.82) is 0 Å². The third-order valence-electron chi connectivity index (χ3n) is 3.31. The lowest BCUT2D eigenvalue weighted by molar-refractivity contribution is 0.452. The largest absolute Gasteiger partial charge is 0.508 e. The maximum Gasteiger partial charge on any atom is 0.122 e. The van der Waals surface area contributed by atoms with Crippen molar-refractivity contribution in [3.8, 4) is 5.75 Å². The fourth-order valence-corrected chi connectivity index (χ4v) is 2.15. The molecule has 1 rings (SSSR count). The zero-order valence-electron chi connectivity index (χ0n) is 12.0. The van der Waals surface area contributed by atoms with Gasteiger partial charge in [-0.2, -0.15) is 0 Å². The number of benzene rings is 1. The number of anilines is 1. The van der Waals surface area contributed by atoms with Gasteiger partial charge in [0.05, 0.1) is 0 Å². The SMILES string of the molecule is CCCNC(C)c1ccc(N(CC)CC)cc1O. The molecule has 3 nitrogen and oxygen atoms in total. The monoisotopic (exact) mass is 250 g/mol. The highest BCUT2D eigenvalue weighted by molar-refractivity contribution is 5.53. The van der Waals surface area contributed by atoms with Crippen molar-refractivity contribution < 1.29 is 5.11 Å². The summed E-state index contributed by atoms with van der Waals surface area (Å²) in [7, 11) is 0. The molecular formula is C15H26N2O. The number of hydrogen-bond acceptors (Lipinski definition) is 3. The molecule has 0 saturated carbocycles. The summed E-state index contributed by atoms with van der Waals surface area (Å²) in [5.41, 5.74) is 2.06. The Labute approximate surface area is 111 Å². The van der Waals surface area contributed by atoms with Gasteiger partial charge in [0.25, 0.3) is 0 Å². The summed E-state index contributed by atoms with van der Waals surface area (Å²) < 4.78 is 0. The normalized spacial score (nSPS) is 12.4. The third-order valence-corrected chi connectivity index (χ3v) is 3.31. The van der Waals surface area contributed by atoms with Gasteiger partial charge < -0.3 is 15.3 Å². The predicted molar refractivity (Wildman–Crippen MR) is 78.4 cm³/mol. The van der Waals surface area contributed by atoms with Crippen LogP contribution in [0.15, 0.2) is 18.2 Å². The van der Waals surface area contributed by atoms with Gasteiger partial charge in [0, 0.05) is 36.4 Å². The smallest absolute Gasteiger partial charge is 0.122 e. The van der Waals surface area contributed by atoms with E-state index >= 15 is 0 Å². The van der Waals surface area contributed by atoms with Crippen molar-refractivity contribution in [2.24, 2.45) is 0 Å². The molecule has 102 valence electrons. The molecule has 0 spiro atoms. The van der Waals surface area contributed by atoms with Crippen molar-refractivity contribution in [2.45, 2.75) is 40.2 Å². The molecule has 0 heterocycles. The first kappa shape index (κ1) is 14.8. The van der Waals surface area contributed by atoms with Crippen LogP contribution < -0.4 is 10.2 Å². The molecule has 0 aliphatic rings. The second kappa shape index (κ2) is 7.27. The summed E-state index contributed by atoms with van der Waals surface area (Å²) in [6, 6.07) is 6.17. The van der Waals surface area contributed by atoms with E-state index in [1.165, 1.54) is 0 Å². The fraction of sp³-hybridized carbons (Fsp3) is 0.600. The number of nitrogens with zero attached hydrogens (tertiary/aromatic N) is 1. The van der Waals surface area contributed by atoms with Crippen LogP contribution in [0.2, 0.25) is 0 Å². The Morgan fingerprint density at radius 2 is 1.89 bits per heavy atom. The van der Waals surface area contributed by atoms with Crippen LogP contribution in [0.1, 0.15) is 45.7 Å². The zero-order valence-corrected chi connectivity index (χ0v) is 12.0. The molecule has 1 unspecified atom stereocenters. The molecule has 0 aromatic heterocycles. The van der Waals surface area contributed by atoms with Crippen LogP contribution in [-0.4, -0.2) is 24.7 Å². The van der Waals surface area contributed by atoms with E-state index in [2.05, 4.69) is 44.0 Å². The number of hydrogen-bond donors (Lipinski definition) is 2. The lowest BCUT2D eigenvalue weighted by atomic mass is 10.1. The second-order valence-corrected chi connectivity index (χ2v) is 4.59. The maximum absolute atomic E-state index is 10.1. The molecule has 2 N–H and O–H groups in total. The Bertz CT molecular complexity index is 362. The molecular weight excluding hydrogens is 224 g/mol. The summed E-state index contributed by atoms with van der Waals surface area (Å²) in [5, 5.41) is 13.5. The van der Waals surface area contributed by atoms with Gasteiger partial charge in [0.2, 0.25) is 0 Å². The van der Waals surface area contributed by atoms with Crippen LogP contribution >= 0.6 is 0 Å². The zero-order chi connectivity index (χ0) is 13.5. The number of phenols is 1. The maximum atomic E-state index is 10.1. The van der Waals surface area contributed by atoms with E-state index in [1.54, 1.807) is 0 Å². The Kier molecular flexibility index (Phi) is 5.99. The van der Waals surface area contributed by atoms with E-state index in [9.17, 15) is 5.11 Å². The van der Waals surface area contributed by atoms with Crippen molar-refractivity contribution in [2.75, 3.05) is 24.5 Å². The van der Waals surface area contributed by atoms with E-state index in [4.69, 9.17) is 0 Å². The summed E-state index contributed by atoms with van der Waals surface area (Å²) in [5.74, 6) is 0.385. The molecule has 1 aromatic carbocycles. The minimum absolute atomic E-state index is 0.190. The summed E-state index contributed by atoms with van der Waals surface area (Å²) in [6.45, 7) is 11.4. The highest BCUT2D eigenvalue weighted by Gasteiger charge is 2.11. The van der Waals surface area contributed by atoms with Gasteiger partial charge in [-0.3, -0.25) is 0 Å². The molecule has 3 heteroatoms. The number of aromatic hydroxyl groups is 1. The van der Waals surface area contributed by atoms with Gasteiger partial charge in [-0.25, -0.2) is 0 Å². The second-order valence-electron chi connectivity index (χ2n) is 4.59. The first-order valence-electron chi connectivity index (χ1n) is 6.95. The first-order chi connectivity index (χ1) is 8.63. The van der Waals surface area contributed by atoms with E-state index in [1.807, 2.05) is 12.1 Å².